The zero-order valence-corrected chi connectivity index (χ0v) is 17.0. The summed E-state index contributed by atoms with van der Waals surface area (Å²) in [6, 6.07) is 22.0. The molecule has 7 heteroatoms. The summed E-state index contributed by atoms with van der Waals surface area (Å²) in [7, 11) is 0. The molecule has 3 aromatic carbocycles. The fraction of sp³-hybridized carbons (Fsp3) is 0.167. The smallest absolute Gasteiger partial charge is 0.341 e. The minimum Gasteiger partial charge on any atom is -0.454 e. The summed E-state index contributed by atoms with van der Waals surface area (Å²) in [5.74, 6) is 0.359. The standard InChI is InChI=1S/C24H22N2O5/c1-16(23(27)25-14-17-11-12-21-22(13-17)30-15-29-21)31-24(28)19-9-5-6-10-20(19)26-18-7-3-2-4-8-18/h2-13,16,26H,14-15H2,1H3,(H,25,27). The van der Waals surface area contributed by atoms with E-state index in [1.165, 1.54) is 0 Å². The van der Waals surface area contributed by atoms with Crippen LogP contribution >= 0.6 is 0 Å². The molecular weight excluding hydrogens is 396 g/mol. The molecule has 1 aliphatic rings. The van der Waals surface area contributed by atoms with Gasteiger partial charge in [-0.1, -0.05) is 36.4 Å². The molecular formula is C24H22N2O5. The van der Waals surface area contributed by atoms with E-state index in [1.54, 1.807) is 31.2 Å². The van der Waals surface area contributed by atoms with Crippen LogP contribution in [0.1, 0.15) is 22.8 Å². The number of ether oxygens (including phenoxy) is 3. The molecule has 0 aromatic heterocycles. The van der Waals surface area contributed by atoms with E-state index in [1.807, 2.05) is 48.5 Å². The van der Waals surface area contributed by atoms with Crippen molar-refractivity contribution >= 4 is 23.3 Å². The Morgan fingerprint density at radius 1 is 0.968 bits per heavy atom. The predicted molar refractivity (Wildman–Crippen MR) is 115 cm³/mol. The van der Waals surface area contributed by atoms with Gasteiger partial charge < -0.3 is 24.8 Å². The quantitative estimate of drug-likeness (QED) is 0.564. The van der Waals surface area contributed by atoms with Crippen molar-refractivity contribution in [3.8, 4) is 11.5 Å². The first-order valence-electron chi connectivity index (χ1n) is 9.88. The van der Waals surface area contributed by atoms with Crippen molar-refractivity contribution in [2.45, 2.75) is 19.6 Å². The number of amides is 1. The maximum Gasteiger partial charge on any atom is 0.341 e. The molecule has 7 nitrogen and oxygen atoms in total. The zero-order chi connectivity index (χ0) is 21.6. The van der Waals surface area contributed by atoms with Gasteiger partial charge in [0.2, 0.25) is 6.79 Å². The van der Waals surface area contributed by atoms with Gasteiger partial charge in [0.05, 0.1) is 11.3 Å². The predicted octanol–water partition coefficient (Wildman–Crippen LogP) is 4.02. The van der Waals surface area contributed by atoms with E-state index >= 15 is 0 Å². The largest absolute Gasteiger partial charge is 0.454 e. The minimum absolute atomic E-state index is 0.193. The average molecular weight is 418 g/mol. The second-order valence-corrected chi connectivity index (χ2v) is 6.99. The molecule has 0 saturated heterocycles. The molecule has 1 unspecified atom stereocenters. The van der Waals surface area contributed by atoms with Gasteiger partial charge in [-0.05, 0) is 48.9 Å². The third-order valence-corrected chi connectivity index (χ3v) is 4.76. The summed E-state index contributed by atoms with van der Waals surface area (Å²) >= 11 is 0. The Hall–Kier alpha value is -4.00. The third-order valence-electron chi connectivity index (χ3n) is 4.76. The van der Waals surface area contributed by atoms with E-state index in [0.717, 1.165) is 11.3 Å². The van der Waals surface area contributed by atoms with Crippen molar-refractivity contribution in [1.82, 2.24) is 5.32 Å². The van der Waals surface area contributed by atoms with E-state index in [4.69, 9.17) is 14.2 Å². The molecule has 0 aliphatic carbocycles. The number of hydrogen-bond donors (Lipinski definition) is 2. The summed E-state index contributed by atoms with van der Waals surface area (Å²) in [5, 5.41) is 5.97. The van der Waals surface area contributed by atoms with Gasteiger partial charge in [-0.15, -0.1) is 0 Å². The number of esters is 1. The molecule has 1 heterocycles. The number of anilines is 2. The number of carbonyl (C=O) groups is 2. The van der Waals surface area contributed by atoms with Crippen molar-refractivity contribution in [2.75, 3.05) is 12.1 Å². The van der Waals surface area contributed by atoms with Crippen LogP contribution in [0.15, 0.2) is 72.8 Å². The molecule has 1 aliphatic heterocycles. The van der Waals surface area contributed by atoms with Crippen LogP contribution in [0.3, 0.4) is 0 Å². The Balaban J connectivity index is 1.35. The molecule has 4 rings (SSSR count). The van der Waals surface area contributed by atoms with E-state index in [-0.39, 0.29) is 19.2 Å². The molecule has 1 amide bonds. The normalized spacial score (nSPS) is 12.7. The Morgan fingerprint density at radius 2 is 1.71 bits per heavy atom. The zero-order valence-electron chi connectivity index (χ0n) is 17.0. The summed E-state index contributed by atoms with van der Waals surface area (Å²) in [4.78, 5) is 25.1. The Labute approximate surface area is 179 Å². The molecule has 0 fully saturated rings. The van der Waals surface area contributed by atoms with Crippen molar-refractivity contribution in [3.63, 3.8) is 0 Å². The topological polar surface area (TPSA) is 85.9 Å². The van der Waals surface area contributed by atoms with Gasteiger partial charge in [0.15, 0.2) is 17.6 Å². The van der Waals surface area contributed by atoms with Crippen molar-refractivity contribution < 1.29 is 23.8 Å². The van der Waals surface area contributed by atoms with E-state index < -0.39 is 12.1 Å². The monoisotopic (exact) mass is 418 g/mol. The van der Waals surface area contributed by atoms with Crippen LogP contribution in [0.4, 0.5) is 11.4 Å². The third kappa shape index (κ3) is 4.95. The van der Waals surface area contributed by atoms with Gasteiger partial charge in [-0.3, -0.25) is 4.79 Å². The van der Waals surface area contributed by atoms with Crippen LogP contribution in [0.25, 0.3) is 0 Å². The highest BCUT2D eigenvalue weighted by atomic mass is 16.7. The highest BCUT2D eigenvalue weighted by Crippen LogP contribution is 2.32. The Morgan fingerprint density at radius 3 is 2.55 bits per heavy atom. The number of para-hydroxylation sites is 2. The first-order chi connectivity index (χ1) is 15.1. The summed E-state index contributed by atoms with van der Waals surface area (Å²) < 4.78 is 16.0. The highest BCUT2D eigenvalue weighted by molar-refractivity contribution is 5.98. The molecule has 1 atom stereocenters. The van der Waals surface area contributed by atoms with Gasteiger partial charge in [0, 0.05) is 12.2 Å². The lowest BCUT2D eigenvalue weighted by molar-refractivity contribution is -0.129. The fourth-order valence-corrected chi connectivity index (χ4v) is 3.11. The number of carbonyl (C=O) groups excluding carboxylic acids is 2. The first-order valence-corrected chi connectivity index (χ1v) is 9.88. The molecule has 0 bridgehead atoms. The Bertz CT molecular complexity index is 1080. The summed E-state index contributed by atoms with van der Waals surface area (Å²) in [5.41, 5.74) is 2.65. The Kier molecular flexibility index (Phi) is 6.03. The van der Waals surface area contributed by atoms with Gasteiger partial charge in [-0.2, -0.15) is 0 Å². The number of rotatable bonds is 7. The lowest BCUT2D eigenvalue weighted by Crippen LogP contribution is -2.35. The molecule has 158 valence electrons. The van der Waals surface area contributed by atoms with Crippen LogP contribution in [0.2, 0.25) is 0 Å². The van der Waals surface area contributed by atoms with Crippen LogP contribution in [0.5, 0.6) is 11.5 Å². The van der Waals surface area contributed by atoms with Gasteiger partial charge in [0.25, 0.3) is 5.91 Å². The second kappa shape index (κ2) is 9.21. The van der Waals surface area contributed by atoms with Crippen molar-refractivity contribution in [3.05, 3.63) is 83.9 Å². The number of hydrogen-bond acceptors (Lipinski definition) is 6. The average Bonchev–Trinajstić information content (AvgIpc) is 3.26. The van der Waals surface area contributed by atoms with Gasteiger partial charge in [-0.25, -0.2) is 4.79 Å². The molecule has 0 saturated carbocycles. The van der Waals surface area contributed by atoms with Gasteiger partial charge in [0.1, 0.15) is 0 Å². The summed E-state index contributed by atoms with van der Waals surface area (Å²) in [6.45, 7) is 2.02. The molecule has 3 aromatic rings. The van der Waals surface area contributed by atoms with E-state index in [2.05, 4.69) is 10.6 Å². The number of benzene rings is 3. The van der Waals surface area contributed by atoms with E-state index in [0.29, 0.717) is 22.7 Å². The van der Waals surface area contributed by atoms with Crippen LogP contribution in [-0.4, -0.2) is 24.8 Å². The summed E-state index contributed by atoms with van der Waals surface area (Å²) in [6.07, 6.45) is -0.953. The van der Waals surface area contributed by atoms with Gasteiger partial charge >= 0.3 is 5.97 Å². The molecule has 0 spiro atoms. The molecule has 31 heavy (non-hydrogen) atoms. The van der Waals surface area contributed by atoms with Crippen LogP contribution in [-0.2, 0) is 16.1 Å². The number of fused-ring (bicyclic) bond motifs is 1. The lowest BCUT2D eigenvalue weighted by Gasteiger charge is -2.16. The molecule has 0 radical (unpaired) electrons. The minimum atomic E-state index is -0.953. The highest BCUT2D eigenvalue weighted by Gasteiger charge is 2.21. The van der Waals surface area contributed by atoms with E-state index in [9.17, 15) is 9.59 Å². The van der Waals surface area contributed by atoms with Crippen LogP contribution in [0, 0.1) is 0 Å². The second-order valence-electron chi connectivity index (χ2n) is 6.99. The van der Waals surface area contributed by atoms with Crippen molar-refractivity contribution in [2.24, 2.45) is 0 Å². The maximum atomic E-state index is 12.7. The lowest BCUT2D eigenvalue weighted by atomic mass is 10.1. The maximum absolute atomic E-state index is 12.7. The number of nitrogens with one attached hydrogen (secondary N) is 2. The fourth-order valence-electron chi connectivity index (χ4n) is 3.11. The molecule has 2 N–H and O–H groups in total. The van der Waals surface area contributed by atoms with Crippen molar-refractivity contribution in [1.29, 1.82) is 0 Å². The SMILES string of the molecule is CC(OC(=O)c1ccccc1Nc1ccccc1)C(=O)NCc1ccc2c(c1)OCO2. The van der Waals surface area contributed by atoms with Crippen LogP contribution < -0.4 is 20.1 Å². The first kappa shape index (κ1) is 20.3.